The van der Waals surface area contributed by atoms with E-state index in [0.29, 0.717) is 6.42 Å². The zero-order valence-electron chi connectivity index (χ0n) is 12.4. The fourth-order valence-electron chi connectivity index (χ4n) is 1.85. The number of carbonyl (C=O) groups is 2. The highest BCUT2D eigenvalue weighted by atomic mass is 79.9. The lowest BCUT2D eigenvalue weighted by molar-refractivity contribution is -0.141. The first-order chi connectivity index (χ1) is 9.79. The Morgan fingerprint density at radius 2 is 2.05 bits per heavy atom. The minimum absolute atomic E-state index is 0.196. The number of hydrogen-bond donors (Lipinski definition) is 2. The van der Waals surface area contributed by atoms with Gasteiger partial charge in [0.25, 0.3) is 0 Å². The van der Waals surface area contributed by atoms with E-state index in [1.165, 1.54) is 6.08 Å². The van der Waals surface area contributed by atoms with Gasteiger partial charge in [0.05, 0.1) is 0 Å². The molecule has 5 heteroatoms. The van der Waals surface area contributed by atoms with Gasteiger partial charge in [0.15, 0.2) is 0 Å². The Bertz CT molecular complexity index is 552. The molecule has 0 unspecified atom stereocenters. The highest BCUT2D eigenvalue weighted by Crippen LogP contribution is 2.19. The van der Waals surface area contributed by atoms with Gasteiger partial charge in [-0.1, -0.05) is 41.9 Å². The fraction of sp³-hybridized carbons (Fsp3) is 0.375. The Morgan fingerprint density at radius 3 is 2.57 bits per heavy atom. The van der Waals surface area contributed by atoms with Crippen molar-refractivity contribution in [2.24, 2.45) is 5.92 Å². The molecule has 1 rings (SSSR count). The third-order valence-electron chi connectivity index (χ3n) is 2.89. The summed E-state index contributed by atoms with van der Waals surface area (Å²) in [5, 5.41) is 11.6. The maximum atomic E-state index is 11.8. The number of rotatable bonds is 6. The second kappa shape index (κ2) is 7.98. The number of halogens is 1. The third-order valence-corrected chi connectivity index (χ3v) is 3.58. The molecule has 0 aliphatic rings. The smallest absolute Gasteiger partial charge is 0.326 e. The quantitative estimate of drug-likeness (QED) is 0.770. The van der Waals surface area contributed by atoms with Crippen molar-refractivity contribution < 1.29 is 14.7 Å². The van der Waals surface area contributed by atoms with Gasteiger partial charge in [0.2, 0.25) is 5.91 Å². The summed E-state index contributed by atoms with van der Waals surface area (Å²) >= 11 is 3.43. The molecule has 1 aromatic carbocycles. The average Bonchev–Trinajstić information content (AvgIpc) is 2.36. The van der Waals surface area contributed by atoms with Crippen molar-refractivity contribution in [3.63, 3.8) is 0 Å². The van der Waals surface area contributed by atoms with Crippen LogP contribution in [0.5, 0.6) is 0 Å². The first kappa shape index (κ1) is 17.4. The van der Waals surface area contributed by atoms with Gasteiger partial charge >= 0.3 is 5.97 Å². The summed E-state index contributed by atoms with van der Waals surface area (Å²) < 4.78 is 0.892. The molecule has 2 N–H and O–H groups in total. The first-order valence-corrected chi connectivity index (χ1v) is 7.56. The van der Waals surface area contributed by atoms with Crippen molar-refractivity contribution in [3.05, 3.63) is 39.9 Å². The largest absolute Gasteiger partial charge is 0.480 e. The molecule has 0 heterocycles. The summed E-state index contributed by atoms with van der Waals surface area (Å²) in [6, 6.07) is 4.94. The van der Waals surface area contributed by atoms with Gasteiger partial charge < -0.3 is 10.4 Å². The highest BCUT2D eigenvalue weighted by molar-refractivity contribution is 9.10. The molecule has 1 aromatic rings. The van der Waals surface area contributed by atoms with Crippen LogP contribution in [0.25, 0.3) is 6.08 Å². The van der Waals surface area contributed by atoms with Crippen LogP contribution in [0.1, 0.15) is 31.4 Å². The Balaban J connectivity index is 2.71. The molecule has 4 nitrogen and oxygen atoms in total. The van der Waals surface area contributed by atoms with Crippen molar-refractivity contribution in [2.45, 2.75) is 33.2 Å². The zero-order valence-corrected chi connectivity index (χ0v) is 14.0. The highest BCUT2D eigenvalue weighted by Gasteiger charge is 2.19. The van der Waals surface area contributed by atoms with Gasteiger partial charge in [-0.05, 0) is 42.5 Å². The van der Waals surface area contributed by atoms with Crippen LogP contribution >= 0.6 is 15.9 Å². The van der Waals surface area contributed by atoms with Crippen molar-refractivity contribution in [3.8, 4) is 0 Å². The number of carbonyl (C=O) groups excluding carboxylic acids is 1. The Kier molecular flexibility index (Phi) is 6.62. The molecule has 1 amide bonds. The lowest BCUT2D eigenvalue weighted by Crippen LogP contribution is -2.40. The molecule has 0 aliphatic carbocycles. The molecule has 0 aliphatic heterocycles. The van der Waals surface area contributed by atoms with Crippen LogP contribution in [0.3, 0.4) is 0 Å². The molecule has 0 saturated heterocycles. The van der Waals surface area contributed by atoms with Gasteiger partial charge in [-0.15, -0.1) is 0 Å². The van der Waals surface area contributed by atoms with Gasteiger partial charge in [-0.25, -0.2) is 4.79 Å². The van der Waals surface area contributed by atoms with E-state index < -0.39 is 17.9 Å². The topological polar surface area (TPSA) is 66.4 Å². The summed E-state index contributed by atoms with van der Waals surface area (Å²) in [6.45, 7) is 5.82. The van der Waals surface area contributed by atoms with Crippen molar-refractivity contribution in [2.75, 3.05) is 0 Å². The van der Waals surface area contributed by atoms with Crippen LogP contribution < -0.4 is 5.32 Å². The summed E-state index contributed by atoms with van der Waals surface area (Å²) in [5.41, 5.74) is 1.98. The van der Waals surface area contributed by atoms with Crippen LogP contribution in [0.2, 0.25) is 0 Å². The van der Waals surface area contributed by atoms with Gasteiger partial charge in [0.1, 0.15) is 6.04 Å². The maximum Gasteiger partial charge on any atom is 0.326 e. The number of benzene rings is 1. The predicted octanol–water partition coefficient (Wildman–Crippen LogP) is 3.39. The van der Waals surface area contributed by atoms with Crippen LogP contribution in [-0.4, -0.2) is 23.0 Å². The molecule has 0 saturated carbocycles. The Labute approximate surface area is 133 Å². The SMILES string of the molecule is Cc1ccc(C=CC(=O)N[C@H](CC(C)C)C(=O)O)c(Br)c1. The fourth-order valence-corrected chi connectivity index (χ4v) is 2.47. The number of carboxylic acid groups (broad SMARTS) is 1. The Hall–Kier alpha value is -1.62. The molecule has 21 heavy (non-hydrogen) atoms. The van der Waals surface area contributed by atoms with Crippen molar-refractivity contribution in [1.82, 2.24) is 5.32 Å². The normalized spacial score (nSPS) is 12.6. The molecule has 0 radical (unpaired) electrons. The van der Waals surface area contributed by atoms with Crippen LogP contribution in [-0.2, 0) is 9.59 Å². The molecule has 0 aromatic heterocycles. The number of hydrogen-bond acceptors (Lipinski definition) is 2. The monoisotopic (exact) mass is 353 g/mol. The van der Waals surface area contributed by atoms with E-state index in [1.54, 1.807) is 6.08 Å². The number of amides is 1. The lowest BCUT2D eigenvalue weighted by atomic mass is 10.0. The summed E-state index contributed by atoms with van der Waals surface area (Å²) in [5.74, 6) is -1.22. The number of carboxylic acids is 1. The average molecular weight is 354 g/mol. The van der Waals surface area contributed by atoms with Gasteiger partial charge in [-0.3, -0.25) is 4.79 Å². The van der Waals surface area contributed by atoms with E-state index in [2.05, 4.69) is 21.2 Å². The second-order valence-corrected chi connectivity index (χ2v) is 6.24. The van der Waals surface area contributed by atoms with Crippen molar-refractivity contribution >= 4 is 33.9 Å². The molecule has 0 bridgehead atoms. The van der Waals surface area contributed by atoms with Crippen molar-refractivity contribution in [1.29, 1.82) is 0 Å². The van der Waals surface area contributed by atoms with Crippen LogP contribution in [0, 0.1) is 12.8 Å². The first-order valence-electron chi connectivity index (χ1n) is 6.77. The van der Waals surface area contributed by atoms with E-state index in [-0.39, 0.29) is 5.92 Å². The van der Waals surface area contributed by atoms with E-state index in [1.807, 2.05) is 39.0 Å². The van der Waals surface area contributed by atoms with Gasteiger partial charge in [-0.2, -0.15) is 0 Å². The van der Waals surface area contributed by atoms with E-state index in [9.17, 15) is 9.59 Å². The second-order valence-electron chi connectivity index (χ2n) is 5.39. The molecule has 0 spiro atoms. The van der Waals surface area contributed by atoms with E-state index in [4.69, 9.17) is 5.11 Å². The molecule has 114 valence electrons. The Morgan fingerprint density at radius 1 is 1.38 bits per heavy atom. The van der Waals surface area contributed by atoms with Gasteiger partial charge in [0, 0.05) is 10.5 Å². The number of nitrogens with one attached hydrogen (secondary N) is 1. The molecular weight excluding hydrogens is 334 g/mol. The lowest BCUT2D eigenvalue weighted by Gasteiger charge is -2.15. The molecule has 0 fully saturated rings. The summed E-state index contributed by atoms with van der Waals surface area (Å²) in [7, 11) is 0. The molecule has 1 atom stereocenters. The minimum Gasteiger partial charge on any atom is -0.480 e. The zero-order chi connectivity index (χ0) is 16.0. The number of aliphatic carboxylic acids is 1. The van der Waals surface area contributed by atoms with Crippen LogP contribution in [0.4, 0.5) is 0 Å². The van der Waals surface area contributed by atoms with Crippen LogP contribution in [0.15, 0.2) is 28.7 Å². The summed E-state index contributed by atoms with van der Waals surface area (Å²) in [6.07, 6.45) is 3.42. The summed E-state index contributed by atoms with van der Waals surface area (Å²) in [4.78, 5) is 22.9. The third kappa shape index (κ3) is 6.12. The predicted molar refractivity (Wildman–Crippen MR) is 86.9 cm³/mol. The standard InChI is InChI=1S/C16H20BrNO3/c1-10(2)8-14(16(20)21)18-15(19)7-6-12-5-4-11(3)9-13(12)17/h4-7,9-10,14H,8H2,1-3H3,(H,18,19)(H,20,21)/t14-/m1/s1. The number of aryl methyl sites for hydroxylation is 1. The maximum absolute atomic E-state index is 11.8. The van der Waals surface area contributed by atoms with E-state index in [0.717, 1.165) is 15.6 Å². The minimum atomic E-state index is -1.01. The molecular formula is C16H20BrNO3. The van der Waals surface area contributed by atoms with E-state index >= 15 is 0 Å².